The number of rotatable bonds is 11. The van der Waals surface area contributed by atoms with Crippen LogP contribution in [0, 0.1) is 17.6 Å². The van der Waals surface area contributed by atoms with Gasteiger partial charge < -0.3 is 9.47 Å². The average Bonchev–Trinajstić information content (AvgIpc) is 2.79. The van der Waals surface area contributed by atoms with E-state index in [0.29, 0.717) is 5.02 Å². The number of fused-ring (bicyclic) bond motifs is 1. The lowest BCUT2D eigenvalue weighted by atomic mass is 9.90. The Labute approximate surface area is 216 Å². The number of hydrogen-bond donors (Lipinski definition) is 0. The van der Waals surface area contributed by atoms with Crippen LogP contribution in [0.4, 0.5) is 22.0 Å². The van der Waals surface area contributed by atoms with Crippen molar-refractivity contribution in [1.82, 2.24) is 0 Å². The second kappa shape index (κ2) is 11.8. The van der Waals surface area contributed by atoms with Crippen LogP contribution >= 0.6 is 11.6 Å². The molecule has 1 aliphatic heterocycles. The van der Waals surface area contributed by atoms with Crippen molar-refractivity contribution in [2.75, 3.05) is 30.5 Å². The molecule has 0 amide bonds. The van der Waals surface area contributed by atoms with Crippen LogP contribution < -0.4 is 4.74 Å². The Balaban J connectivity index is 1.69. The Kier molecular flexibility index (Phi) is 9.46. The lowest BCUT2D eigenvalue weighted by Gasteiger charge is -2.32. The van der Waals surface area contributed by atoms with E-state index in [4.69, 9.17) is 21.1 Å². The van der Waals surface area contributed by atoms with Crippen molar-refractivity contribution >= 4 is 31.3 Å². The molecule has 14 heteroatoms. The molecule has 6 nitrogen and oxygen atoms in total. The number of hydrogen-bond acceptors (Lipinski definition) is 6. The van der Waals surface area contributed by atoms with Gasteiger partial charge in [0.15, 0.2) is 31.2 Å². The molecule has 37 heavy (non-hydrogen) atoms. The first-order chi connectivity index (χ1) is 17.2. The van der Waals surface area contributed by atoms with Gasteiger partial charge in [0.2, 0.25) is 0 Å². The molecule has 206 valence electrons. The van der Waals surface area contributed by atoms with E-state index in [2.05, 4.69) is 0 Å². The third-order valence-corrected chi connectivity index (χ3v) is 9.44. The van der Waals surface area contributed by atoms with Crippen molar-refractivity contribution in [3.05, 3.63) is 58.6 Å². The van der Waals surface area contributed by atoms with Gasteiger partial charge in [0.25, 0.3) is 0 Å². The Morgan fingerprint density at radius 2 is 1.65 bits per heavy atom. The van der Waals surface area contributed by atoms with Gasteiger partial charge in [0, 0.05) is 23.1 Å². The maximum atomic E-state index is 14.3. The quantitative estimate of drug-likeness (QED) is 0.276. The normalized spacial score (nSPS) is 17.2. The highest BCUT2D eigenvalue weighted by atomic mass is 35.5. The standard InChI is InChI=1S/C23H24ClF5O6S2/c24-16-2-4-17(5-3-16)37(32,33)10-1-9-34-21(8-11-36(30,31)14-23(27,28)29)15-12-18-19(25)6-7-20(26)22(18)35-13-15/h2-7,15,21H,1,8-14H2/t15-,21-/m0/s1. The number of sulfone groups is 2. The van der Waals surface area contributed by atoms with Crippen LogP contribution in [0.15, 0.2) is 41.3 Å². The van der Waals surface area contributed by atoms with Crippen LogP contribution in [-0.2, 0) is 30.8 Å². The fourth-order valence-corrected chi connectivity index (χ4v) is 6.63. The Morgan fingerprint density at radius 3 is 2.30 bits per heavy atom. The highest BCUT2D eigenvalue weighted by Gasteiger charge is 2.37. The Morgan fingerprint density at radius 1 is 1.00 bits per heavy atom. The Hall–Kier alpha value is -1.96. The molecule has 2 aromatic carbocycles. The molecule has 0 bridgehead atoms. The molecule has 0 spiro atoms. The Bertz CT molecular complexity index is 1300. The molecule has 0 N–H and O–H groups in total. The van der Waals surface area contributed by atoms with Gasteiger partial charge in [-0.05, 0) is 55.7 Å². The summed E-state index contributed by atoms with van der Waals surface area (Å²) in [6, 6.07) is 7.34. The van der Waals surface area contributed by atoms with Crippen LogP contribution in [0.25, 0.3) is 0 Å². The third-order valence-electron chi connectivity index (χ3n) is 5.75. The summed E-state index contributed by atoms with van der Waals surface area (Å²) in [7, 11) is -8.21. The SMILES string of the molecule is O=S(=O)(CC[C@H](OCCCS(=O)(=O)c1ccc(Cl)cc1)[C@@H]1COc2c(F)ccc(F)c2C1)CC(F)(F)F. The lowest BCUT2D eigenvalue weighted by Crippen LogP contribution is -2.37. The first kappa shape index (κ1) is 29.6. The monoisotopic (exact) mass is 590 g/mol. The predicted octanol–water partition coefficient (Wildman–Crippen LogP) is 4.79. The molecule has 0 aliphatic carbocycles. The van der Waals surface area contributed by atoms with Crippen LogP contribution in [0.1, 0.15) is 18.4 Å². The molecule has 1 heterocycles. The van der Waals surface area contributed by atoms with E-state index < -0.39 is 61.0 Å². The molecule has 0 radical (unpaired) electrons. The molecule has 0 fully saturated rings. The fourth-order valence-electron chi connectivity index (χ4n) is 3.99. The van der Waals surface area contributed by atoms with Crippen molar-refractivity contribution in [2.24, 2.45) is 5.92 Å². The van der Waals surface area contributed by atoms with Gasteiger partial charge in [0.1, 0.15) is 11.6 Å². The van der Waals surface area contributed by atoms with Crippen LogP contribution in [0.5, 0.6) is 5.75 Å². The molecule has 0 saturated heterocycles. The van der Waals surface area contributed by atoms with Crippen molar-refractivity contribution < 1.29 is 48.3 Å². The number of halogens is 6. The minimum absolute atomic E-state index is 0.0100. The molecular weight excluding hydrogens is 567 g/mol. The average molecular weight is 591 g/mol. The highest BCUT2D eigenvalue weighted by Crippen LogP contribution is 2.34. The van der Waals surface area contributed by atoms with Crippen LogP contribution in [-0.4, -0.2) is 59.6 Å². The first-order valence-corrected chi connectivity index (χ1v) is 15.0. The van der Waals surface area contributed by atoms with Crippen molar-refractivity contribution in [1.29, 1.82) is 0 Å². The van der Waals surface area contributed by atoms with E-state index in [0.717, 1.165) is 12.1 Å². The minimum Gasteiger partial charge on any atom is -0.490 e. The smallest absolute Gasteiger partial charge is 0.402 e. The molecule has 2 atom stereocenters. The number of alkyl halides is 3. The van der Waals surface area contributed by atoms with E-state index in [1.165, 1.54) is 24.3 Å². The number of ether oxygens (including phenoxy) is 2. The summed E-state index contributed by atoms with van der Waals surface area (Å²) in [5, 5.41) is 0.359. The van der Waals surface area contributed by atoms with Gasteiger partial charge in [-0.15, -0.1) is 0 Å². The zero-order valence-electron chi connectivity index (χ0n) is 19.3. The largest absolute Gasteiger partial charge is 0.490 e. The maximum Gasteiger partial charge on any atom is 0.402 e. The second-order valence-electron chi connectivity index (χ2n) is 8.64. The van der Waals surface area contributed by atoms with E-state index in [1.54, 1.807) is 0 Å². The molecule has 3 rings (SSSR count). The highest BCUT2D eigenvalue weighted by molar-refractivity contribution is 7.91. The summed E-state index contributed by atoms with van der Waals surface area (Å²) in [5.74, 6) is -5.72. The van der Waals surface area contributed by atoms with Gasteiger partial charge in [-0.1, -0.05) is 11.6 Å². The molecule has 0 aromatic heterocycles. The van der Waals surface area contributed by atoms with E-state index in [9.17, 15) is 38.8 Å². The summed E-state index contributed by atoms with van der Waals surface area (Å²) in [5.41, 5.74) is -0.0895. The molecular formula is C23H24ClF5O6S2. The topological polar surface area (TPSA) is 86.7 Å². The lowest BCUT2D eigenvalue weighted by molar-refractivity contribution is -0.106. The first-order valence-electron chi connectivity index (χ1n) is 11.1. The van der Waals surface area contributed by atoms with E-state index in [1.807, 2.05) is 0 Å². The molecule has 0 unspecified atom stereocenters. The summed E-state index contributed by atoms with van der Waals surface area (Å²) < 4.78 is 126. The van der Waals surface area contributed by atoms with E-state index in [-0.39, 0.29) is 54.4 Å². The van der Waals surface area contributed by atoms with Crippen LogP contribution in [0.3, 0.4) is 0 Å². The summed E-state index contributed by atoms with van der Waals surface area (Å²) in [4.78, 5) is 0.0430. The minimum atomic E-state index is -4.92. The maximum absolute atomic E-state index is 14.3. The van der Waals surface area contributed by atoms with Crippen molar-refractivity contribution in [2.45, 2.75) is 36.4 Å². The third kappa shape index (κ3) is 8.52. The predicted molar refractivity (Wildman–Crippen MR) is 126 cm³/mol. The molecule has 0 saturated carbocycles. The van der Waals surface area contributed by atoms with Gasteiger partial charge in [-0.2, -0.15) is 13.2 Å². The summed E-state index contributed by atoms with van der Waals surface area (Å²) in [6.07, 6.45) is -6.42. The second-order valence-corrected chi connectivity index (χ2v) is 13.4. The summed E-state index contributed by atoms with van der Waals surface area (Å²) in [6.45, 7) is -0.369. The zero-order valence-corrected chi connectivity index (χ0v) is 21.7. The van der Waals surface area contributed by atoms with Gasteiger partial charge in [0.05, 0.1) is 29.1 Å². The number of benzene rings is 2. The molecule has 2 aromatic rings. The fraction of sp³-hybridized carbons (Fsp3) is 0.478. The molecule has 1 aliphatic rings. The summed E-state index contributed by atoms with van der Waals surface area (Å²) >= 11 is 5.77. The van der Waals surface area contributed by atoms with Crippen molar-refractivity contribution in [3.63, 3.8) is 0 Å². The van der Waals surface area contributed by atoms with Gasteiger partial charge >= 0.3 is 6.18 Å². The zero-order chi connectivity index (χ0) is 27.4. The van der Waals surface area contributed by atoms with Gasteiger partial charge in [-0.25, -0.2) is 25.6 Å². The van der Waals surface area contributed by atoms with Crippen LogP contribution in [0.2, 0.25) is 5.02 Å². The van der Waals surface area contributed by atoms with Crippen molar-refractivity contribution in [3.8, 4) is 5.75 Å². The van der Waals surface area contributed by atoms with E-state index >= 15 is 0 Å². The van der Waals surface area contributed by atoms with Gasteiger partial charge in [-0.3, -0.25) is 0 Å².